The van der Waals surface area contributed by atoms with Crippen molar-refractivity contribution < 1.29 is 9.59 Å². The Hall–Kier alpha value is -1.14. The van der Waals surface area contributed by atoms with Gasteiger partial charge in [-0.1, -0.05) is 13.8 Å². The molecule has 6 nitrogen and oxygen atoms in total. The zero-order valence-corrected chi connectivity index (χ0v) is 13.1. The lowest BCUT2D eigenvalue weighted by Crippen LogP contribution is -2.51. The number of nitrogens with zero attached hydrogens (tertiary/aromatic N) is 3. The topological polar surface area (TPSA) is 69.9 Å². The zero-order valence-electron chi connectivity index (χ0n) is 13.1. The van der Waals surface area contributed by atoms with E-state index in [1.54, 1.807) is 19.0 Å². The molecule has 1 unspecified atom stereocenters. The standard InChI is InChI=1S/C14H28N4O2/c1-11(2)12(15)9-13(19)18-7-5-17(6-8-18)10-14(20)16(3)4/h11-12H,5-10,15H2,1-4H3. The van der Waals surface area contributed by atoms with Gasteiger partial charge in [0.15, 0.2) is 0 Å². The van der Waals surface area contributed by atoms with Crippen molar-refractivity contribution in [1.29, 1.82) is 0 Å². The second-order valence-corrected chi connectivity index (χ2v) is 6.06. The quantitative estimate of drug-likeness (QED) is 0.745. The molecule has 116 valence electrons. The van der Waals surface area contributed by atoms with Gasteiger partial charge in [-0.25, -0.2) is 0 Å². The van der Waals surface area contributed by atoms with Gasteiger partial charge in [-0.05, 0) is 5.92 Å². The number of rotatable bonds is 5. The van der Waals surface area contributed by atoms with Crippen molar-refractivity contribution >= 4 is 11.8 Å². The van der Waals surface area contributed by atoms with Gasteiger partial charge in [0.2, 0.25) is 11.8 Å². The monoisotopic (exact) mass is 284 g/mol. The van der Waals surface area contributed by atoms with Crippen LogP contribution in [-0.4, -0.2) is 79.4 Å². The molecule has 0 radical (unpaired) electrons. The van der Waals surface area contributed by atoms with Crippen molar-refractivity contribution in [1.82, 2.24) is 14.7 Å². The van der Waals surface area contributed by atoms with Crippen LogP contribution in [0.25, 0.3) is 0 Å². The first-order valence-corrected chi connectivity index (χ1v) is 7.27. The van der Waals surface area contributed by atoms with Gasteiger partial charge in [0, 0.05) is 52.7 Å². The van der Waals surface area contributed by atoms with E-state index in [4.69, 9.17) is 5.73 Å². The normalized spacial score (nSPS) is 18.2. The Morgan fingerprint density at radius 2 is 1.70 bits per heavy atom. The van der Waals surface area contributed by atoms with Gasteiger partial charge < -0.3 is 15.5 Å². The fourth-order valence-electron chi connectivity index (χ4n) is 2.05. The van der Waals surface area contributed by atoms with Crippen molar-refractivity contribution in [2.45, 2.75) is 26.3 Å². The number of nitrogens with two attached hydrogens (primary N) is 1. The lowest BCUT2D eigenvalue weighted by molar-refractivity contribution is -0.134. The van der Waals surface area contributed by atoms with Crippen molar-refractivity contribution in [2.24, 2.45) is 11.7 Å². The van der Waals surface area contributed by atoms with E-state index >= 15 is 0 Å². The van der Waals surface area contributed by atoms with Crippen molar-refractivity contribution in [2.75, 3.05) is 46.8 Å². The van der Waals surface area contributed by atoms with Gasteiger partial charge in [0.25, 0.3) is 0 Å². The number of piperazine rings is 1. The Labute approximate surface area is 121 Å². The van der Waals surface area contributed by atoms with E-state index in [0.29, 0.717) is 32.0 Å². The summed E-state index contributed by atoms with van der Waals surface area (Å²) >= 11 is 0. The maximum atomic E-state index is 12.1. The van der Waals surface area contributed by atoms with Crippen LogP contribution >= 0.6 is 0 Å². The van der Waals surface area contributed by atoms with Crippen molar-refractivity contribution in [3.8, 4) is 0 Å². The van der Waals surface area contributed by atoms with Gasteiger partial charge in [0.05, 0.1) is 6.54 Å². The van der Waals surface area contributed by atoms with Crippen LogP contribution in [0.15, 0.2) is 0 Å². The second kappa shape index (κ2) is 7.59. The molecule has 1 atom stereocenters. The van der Waals surface area contributed by atoms with Gasteiger partial charge in [0.1, 0.15) is 0 Å². The molecule has 0 aromatic rings. The number of likely N-dealkylation sites (N-methyl/N-ethyl adjacent to an activating group) is 1. The number of carbonyl (C=O) groups excluding carboxylic acids is 2. The Bertz CT molecular complexity index is 336. The van der Waals surface area contributed by atoms with E-state index in [0.717, 1.165) is 13.1 Å². The first-order chi connectivity index (χ1) is 9.31. The lowest BCUT2D eigenvalue weighted by Gasteiger charge is -2.35. The number of hydrogen-bond acceptors (Lipinski definition) is 4. The van der Waals surface area contributed by atoms with Gasteiger partial charge in [-0.2, -0.15) is 0 Å². The summed E-state index contributed by atoms with van der Waals surface area (Å²) in [5.41, 5.74) is 5.94. The average Bonchev–Trinajstić information content (AvgIpc) is 2.39. The van der Waals surface area contributed by atoms with Crippen LogP contribution in [0, 0.1) is 5.92 Å². The molecule has 0 aliphatic carbocycles. The summed E-state index contributed by atoms with van der Waals surface area (Å²) in [7, 11) is 3.52. The van der Waals surface area contributed by atoms with Crippen molar-refractivity contribution in [3.05, 3.63) is 0 Å². The van der Waals surface area contributed by atoms with E-state index in [1.165, 1.54) is 0 Å². The van der Waals surface area contributed by atoms with Gasteiger partial charge in [-0.15, -0.1) is 0 Å². The molecular formula is C14H28N4O2. The first kappa shape index (κ1) is 16.9. The predicted molar refractivity (Wildman–Crippen MR) is 79.1 cm³/mol. The van der Waals surface area contributed by atoms with Gasteiger partial charge in [-0.3, -0.25) is 14.5 Å². The molecule has 0 aromatic carbocycles. The highest BCUT2D eigenvalue weighted by Crippen LogP contribution is 2.08. The highest BCUT2D eigenvalue weighted by atomic mass is 16.2. The molecule has 1 aliphatic rings. The molecular weight excluding hydrogens is 256 g/mol. The predicted octanol–water partition coefficient (Wildman–Crippen LogP) is -0.408. The minimum atomic E-state index is -0.0733. The lowest BCUT2D eigenvalue weighted by atomic mass is 10.0. The maximum absolute atomic E-state index is 12.1. The number of carbonyl (C=O) groups is 2. The molecule has 2 amide bonds. The van der Waals surface area contributed by atoms with Crippen LogP contribution in [0.4, 0.5) is 0 Å². The summed E-state index contributed by atoms with van der Waals surface area (Å²) < 4.78 is 0. The molecule has 1 fully saturated rings. The number of amides is 2. The molecule has 0 aromatic heterocycles. The molecule has 20 heavy (non-hydrogen) atoms. The van der Waals surface area contributed by atoms with Crippen LogP contribution in [0.1, 0.15) is 20.3 Å². The summed E-state index contributed by atoms with van der Waals surface area (Å²) in [5.74, 6) is 0.550. The van der Waals surface area contributed by atoms with Gasteiger partial charge >= 0.3 is 0 Å². The third-order valence-electron chi connectivity index (χ3n) is 3.85. The van der Waals surface area contributed by atoms with Crippen LogP contribution in [0.3, 0.4) is 0 Å². The molecule has 1 saturated heterocycles. The Morgan fingerprint density at radius 1 is 1.15 bits per heavy atom. The average molecular weight is 284 g/mol. The van der Waals surface area contributed by atoms with E-state index in [-0.39, 0.29) is 17.9 Å². The number of hydrogen-bond donors (Lipinski definition) is 1. The Balaban J connectivity index is 2.35. The third-order valence-corrected chi connectivity index (χ3v) is 3.85. The summed E-state index contributed by atoms with van der Waals surface area (Å²) in [4.78, 5) is 29.3. The highest BCUT2D eigenvalue weighted by molar-refractivity contribution is 5.78. The summed E-state index contributed by atoms with van der Waals surface area (Å²) in [6.07, 6.45) is 0.411. The van der Waals surface area contributed by atoms with Crippen LogP contribution in [-0.2, 0) is 9.59 Å². The SMILES string of the molecule is CC(C)C(N)CC(=O)N1CCN(CC(=O)N(C)C)CC1. The fourth-order valence-corrected chi connectivity index (χ4v) is 2.05. The Kier molecular flexibility index (Phi) is 6.42. The summed E-state index contributed by atoms with van der Waals surface area (Å²) in [5, 5.41) is 0. The molecule has 1 rings (SSSR count). The van der Waals surface area contributed by atoms with Crippen LogP contribution in [0.5, 0.6) is 0 Å². The molecule has 0 bridgehead atoms. The minimum Gasteiger partial charge on any atom is -0.348 e. The second-order valence-electron chi connectivity index (χ2n) is 6.06. The van der Waals surface area contributed by atoms with E-state index < -0.39 is 0 Å². The third kappa shape index (κ3) is 5.09. The largest absolute Gasteiger partial charge is 0.348 e. The summed E-state index contributed by atoms with van der Waals surface area (Å²) in [6.45, 7) is 7.37. The zero-order chi connectivity index (χ0) is 15.3. The molecule has 0 saturated carbocycles. The van der Waals surface area contributed by atoms with E-state index in [2.05, 4.69) is 4.90 Å². The van der Waals surface area contributed by atoms with Crippen LogP contribution in [0.2, 0.25) is 0 Å². The van der Waals surface area contributed by atoms with E-state index in [9.17, 15) is 9.59 Å². The first-order valence-electron chi connectivity index (χ1n) is 7.27. The molecule has 1 aliphatic heterocycles. The van der Waals surface area contributed by atoms with Crippen molar-refractivity contribution in [3.63, 3.8) is 0 Å². The van der Waals surface area contributed by atoms with Crippen LogP contribution < -0.4 is 5.73 Å². The minimum absolute atomic E-state index is 0.0733. The highest BCUT2D eigenvalue weighted by Gasteiger charge is 2.24. The van der Waals surface area contributed by atoms with E-state index in [1.807, 2.05) is 18.7 Å². The molecule has 6 heteroatoms. The maximum Gasteiger partial charge on any atom is 0.236 e. The molecule has 1 heterocycles. The fraction of sp³-hybridized carbons (Fsp3) is 0.857. The molecule has 2 N–H and O–H groups in total. The smallest absolute Gasteiger partial charge is 0.236 e. The molecule has 0 spiro atoms. The Morgan fingerprint density at radius 3 is 2.15 bits per heavy atom. The summed E-state index contributed by atoms with van der Waals surface area (Å²) in [6, 6.07) is -0.0733.